The van der Waals surface area contributed by atoms with Gasteiger partial charge in [-0.25, -0.2) is 4.39 Å². The van der Waals surface area contributed by atoms with Crippen LogP contribution in [-0.2, 0) is 0 Å². The SMILES string of the molecule is Nc1nc(N2CCCC2)nc(Nc2ccccc2F)c1[N+](=O)[O-]. The molecule has 2 aromatic rings. The minimum absolute atomic E-state index is 0.0843. The zero-order chi connectivity index (χ0) is 16.4. The van der Waals surface area contributed by atoms with E-state index in [9.17, 15) is 14.5 Å². The fourth-order valence-electron chi connectivity index (χ4n) is 2.48. The molecule has 9 heteroatoms. The molecule has 2 heterocycles. The maximum absolute atomic E-state index is 13.8. The predicted molar refractivity (Wildman–Crippen MR) is 84.2 cm³/mol. The zero-order valence-corrected chi connectivity index (χ0v) is 12.2. The number of nitrogens with zero attached hydrogens (tertiary/aromatic N) is 4. The van der Waals surface area contributed by atoms with Crippen molar-refractivity contribution >= 4 is 29.0 Å². The molecule has 3 rings (SSSR count). The number of anilines is 4. The average Bonchev–Trinajstić information content (AvgIpc) is 3.03. The van der Waals surface area contributed by atoms with Crippen molar-refractivity contribution in [2.45, 2.75) is 12.8 Å². The molecule has 0 unspecified atom stereocenters. The lowest BCUT2D eigenvalue weighted by Crippen LogP contribution is -2.22. The number of benzene rings is 1. The molecule has 8 nitrogen and oxygen atoms in total. The number of rotatable bonds is 4. The first kappa shape index (κ1) is 14.9. The third kappa shape index (κ3) is 2.98. The normalized spacial score (nSPS) is 14.0. The Hall–Kier alpha value is -2.97. The summed E-state index contributed by atoms with van der Waals surface area (Å²) >= 11 is 0. The molecule has 0 radical (unpaired) electrons. The Kier molecular flexibility index (Phi) is 3.92. The van der Waals surface area contributed by atoms with Crippen LogP contribution in [0.4, 0.5) is 33.3 Å². The maximum Gasteiger partial charge on any atom is 0.353 e. The van der Waals surface area contributed by atoms with Crippen molar-refractivity contribution in [3.05, 3.63) is 40.2 Å². The molecule has 1 aromatic carbocycles. The van der Waals surface area contributed by atoms with Crippen LogP contribution < -0.4 is 16.0 Å². The van der Waals surface area contributed by atoms with Crippen molar-refractivity contribution in [3.8, 4) is 0 Å². The highest BCUT2D eigenvalue weighted by Crippen LogP contribution is 2.33. The summed E-state index contributed by atoms with van der Waals surface area (Å²) in [5, 5.41) is 13.9. The number of nitrogens with two attached hydrogens (primary N) is 1. The molecule has 0 amide bonds. The summed E-state index contributed by atoms with van der Waals surface area (Å²) in [6.45, 7) is 1.52. The van der Waals surface area contributed by atoms with Gasteiger partial charge in [-0.1, -0.05) is 12.1 Å². The van der Waals surface area contributed by atoms with Crippen LogP contribution >= 0.6 is 0 Å². The first-order valence-corrected chi connectivity index (χ1v) is 7.14. The summed E-state index contributed by atoms with van der Waals surface area (Å²) in [6, 6.07) is 5.86. The summed E-state index contributed by atoms with van der Waals surface area (Å²) in [6.07, 6.45) is 1.99. The Morgan fingerprint density at radius 2 is 1.96 bits per heavy atom. The molecular weight excluding hydrogens is 303 g/mol. The number of nitrogen functional groups attached to an aromatic ring is 1. The van der Waals surface area contributed by atoms with Crippen molar-refractivity contribution in [1.29, 1.82) is 0 Å². The van der Waals surface area contributed by atoms with Crippen LogP contribution in [0.5, 0.6) is 0 Å². The molecule has 120 valence electrons. The molecule has 23 heavy (non-hydrogen) atoms. The standard InChI is InChI=1S/C14H15FN6O2/c15-9-5-1-2-6-10(9)17-13-11(21(22)23)12(16)18-14(19-13)20-7-3-4-8-20/h1-2,5-6H,3-4,7-8H2,(H3,16,17,18,19). The predicted octanol–water partition coefficient (Wildman–Crippen LogP) is 2.45. The Morgan fingerprint density at radius 1 is 1.26 bits per heavy atom. The van der Waals surface area contributed by atoms with Gasteiger partial charge in [-0.3, -0.25) is 10.1 Å². The number of aromatic nitrogens is 2. The van der Waals surface area contributed by atoms with E-state index in [0.717, 1.165) is 25.9 Å². The topological polar surface area (TPSA) is 110 Å². The van der Waals surface area contributed by atoms with Gasteiger partial charge in [0.1, 0.15) is 5.82 Å². The minimum Gasteiger partial charge on any atom is -0.378 e. The van der Waals surface area contributed by atoms with E-state index in [0.29, 0.717) is 5.95 Å². The molecule has 0 saturated carbocycles. The van der Waals surface area contributed by atoms with Gasteiger partial charge < -0.3 is 16.0 Å². The summed E-state index contributed by atoms with van der Waals surface area (Å²) in [5.74, 6) is -0.591. The highest BCUT2D eigenvalue weighted by molar-refractivity contribution is 5.74. The van der Waals surface area contributed by atoms with Crippen molar-refractivity contribution < 1.29 is 9.31 Å². The molecule has 0 spiro atoms. The number of halogens is 1. The summed E-state index contributed by atoms with van der Waals surface area (Å²) in [5.41, 5.74) is 5.35. The van der Waals surface area contributed by atoms with Crippen molar-refractivity contribution in [1.82, 2.24) is 9.97 Å². The second-order valence-corrected chi connectivity index (χ2v) is 5.16. The summed E-state index contributed by atoms with van der Waals surface area (Å²) in [4.78, 5) is 20.7. The summed E-state index contributed by atoms with van der Waals surface area (Å²) < 4.78 is 13.8. The van der Waals surface area contributed by atoms with Gasteiger partial charge in [0.15, 0.2) is 0 Å². The maximum atomic E-state index is 13.8. The van der Waals surface area contributed by atoms with Crippen LogP contribution in [0.3, 0.4) is 0 Å². The smallest absolute Gasteiger partial charge is 0.353 e. The molecule has 0 bridgehead atoms. The monoisotopic (exact) mass is 318 g/mol. The van der Waals surface area contributed by atoms with Crippen LogP contribution in [-0.4, -0.2) is 28.0 Å². The molecule has 1 saturated heterocycles. The number of nitrogens with one attached hydrogen (secondary N) is 1. The lowest BCUT2D eigenvalue weighted by atomic mass is 10.3. The van der Waals surface area contributed by atoms with Crippen LogP contribution in [0.2, 0.25) is 0 Å². The summed E-state index contributed by atoms with van der Waals surface area (Å²) in [7, 11) is 0. The van der Waals surface area contributed by atoms with Gasteiger partial charge in [-0.15, -0.1) is 0 Å². The average molecular weight is 318 g/mol. The highest BCUT2D eigenvalue weighted by atomic mass is 19.1. The quantitative estimate of drug-likeness (QED) is 0.658. The molecule has 1 fully saturated rings. The van der Waals surface area contributed by atoms with Gasteiger partial charge in [0.05, 0.1) is 10.6 Å². The number of hydrogen-bond donors (Lipinski definition) is 2. The minimum atomic E-state index is -0.674. The third-order valence-corrected chi connectivity index (χ3v) is 3.60. The van der Waals surface area contributed by atoms with E-state index in [1.807, 2.05) is 4.90 Å². The highest BCUT2D eigenvalue weighted by Gasteiger charge is 2.26. The van der Waals surface area contributed by atoms with E-state index in [1.165, 1.54) is 18.2 Å². The van der Waals surface area contributed by atoms with Crippen LogP contribution in [0.1, 0.15) is 12.8 Å². The van der Waals surface area contributed by atoms with Crippen LogP contribution in [0.15, 0.2) is 24.3 Å². The van der Waals surface area contributed by atoms with Crippen LogP contribution in [0, 0.1) is 15.9 Å². The van der Waals surface area contributed by atoms with E-state index in [4.69, 9.17) is 5.73 Å². The molecule has 1 aliphatic heterocycles. The lowest BCUT2D eigenvalue weighted by molar-refractivity contribution is -0.383. The Morgan fingerprint density at radius 3 is 2.61 bits per heavy atom. The fraction of sp³-hybridized carbons (Fsp3) is 0.286. The van der Waals surface area contributed by atoms with E-state index in [-0.39, 0.29) is 17.3 Å². The van der Waals surface area contributed by atoms with Crippen molar-refractivity contribution in [3.63, 3.8) is 0 Å². The molecular formula is C14H15FN6O2. The lowest BCUT2D eigenvalue weighted by Gasteiger charge is -2.17. The second kappa shape index (κ2) is 6.03. The largest absolute Gasteiger partial charge is 0.378 e. The van der Waals surface area contributed by atoms with E-state index in [2.05, 4.69) is 15.3 Å². The van der Waals surface area contributed by atoms with Gasteiger partial charge in [-0.05, 0) is 25.0 Å². The number of hydrogen-bond acceptors (Lipinski definition) is 7. The first-order valence-electron chi connectivity index (χ1n) is 7.14. The second-order valence-electron chi connectivity index (χ2n) is 5.16. The zero-order valence-electron chi connectivity index (χ0n) is 12.2. The first-order chi connectivity index (χ1) is 11.1. The number of nitro groups is 1. The molecule has 1 aromatic heterocycles. The number of para-hydroxylation sites is 1. The van der Waals surface area contributed by atoms with E-state index in [1.54, 1.807) is 6.07 Å². The molecule has 3 N–H and O–H groups in total. The van der Waals surface area contributed by atoms with Crippen molar-refractivity contribution in [2.24, 2.45) is 0 Å². The Labute approximate surface area is 131 Å². The van der Waals surface area contributed by atoms with Gasteiger partial charge in [0.2, 0.25) is 17.6 Å². The third-order valence-electron chi connectivity index (χ3n) is 3.60. The van der Waals surface area contributed by atoms with Gasteiger partial charge in [0.25, 0.3) is 0 Å². The van der Waals surface area contributed by atoms with Gasteiger partial charge in [-0.2, -0.15) is 9.97 Å². The Balaban J connectivity index is 2.04. The molecule has 1 aliphatic rings. The van der Waals surface area contributed by atoms with E-state index >= 15 is 0 Å². The van der Waals surface area contributed by atoms with Crippen molar-refractivity contribution in [2.75, 3.05) is 29.0 Å². The van der Waals surface area contributed by atoms with E-state index < -0.39 is 16.4 Å². The molecule has 0 atom stereocenters. The molecule has 0 aliphatic carbocycles. The fourth-order valence-corrected chi connectivity index (χ4v) is 2.48. The van der Waals surface area contributed by atoms with Gasteiger partial charge >= 0.3 is 5.69 Å². The van der Waals surface area contributed by atoms with Crippen LogP contribution in [0.25, 0.3) is 0 Å². The van der Waals surface area contributed by atoms with Gasteiger partial charge in [0, 0.05) is 13.1 Å². The Bertz CT molecular complexity index is 748.